The summed E-state index contributed by atoms with van der Waals surface area (Å²) < 4.78 is 1.81. The van der Waals surface area contributed by atoms with Crippen molar-refractivity contribution >= 4 is 5.91 Å². The third-order valence-electron chi connectivity index (χ3n) is 3.76. The molecule has 1 amide bonds. The Kier molecular flexibility index (Phi) is 4.44. The van der Waals surface area contributed by atoms with Crippen LogP contribution in [0.15, 0.2) is 17.2 Å². The van der Waals surface area contributed by atoms with Gasteiger partial charge < -0.3 is 9.88 Å². The molecule has 0 bridgehead atoms. The summed E-state index contributed by atoms with van der Waals surface area (Å²) in [7, 11) is 1.89. The van der Waals surface area contributed by atoms with Gasteiger partial charge in [0.15, 0.2) is 0 Å². The number of nitrogens with one attached hydrogen (secondary N) is 1. The van der Waals surface area contributed by atoms with E-state index in [1.165, 1.54) is 6.20 Å². The Balaban J connectivity index is 2.32. The zero-order chi connectivity index (χ0) is 16.4. The molecule has 2 heterocycles. The molecule has 2 aromatic rings. The van der Waals surface area contributed by atoms with Crippen molar-refractivity contribution < 1.29 is 4.79 Å². The smallest absolute Gasteiger partial charge is 0.274 e. The summed E-state index contributed by atoms with van der Waals surface area (Å²) in [6.45, 7) is 8.28. The minimum Gasteiger partial charge on any atom is -0.330 e. The quantitative estimate of drug-likeness (QED) is 0.919. The maximum absolute atomic E-state index is 12.6. The Morgan fingerprint density at radius 1 is 1.41 bits per heavy atom. The number of nitrogens with zero attached hydrogens (tertiary/aromatic N) is 4. The van der Waals surface area contributed by atoms with E-state index in [0.29, 0.717) is 6.54 Å². The first-order valence-corrected chi connectivity index (χ1v) is 7.16. The van der Waals surface area contributed by atoms with Crippen molar-refractivity contribution in [2.24, 2.45) is 7.05 Å². The number of carbonyl (C=O) groups excluding carboxylic acids is 1. The molecule has 22 heavy (non-hydrogen) atoms. The van der Waals surface area contributed by atoms with E-state index in [2.05, 4.69) is 15.1 Å². The summed E-state index contributed by atoms with van der Waals surface area (Å²) >= 11 is 0. The lowest BCUT2D eigenvalue weighted by atomic mass is 10.1. The van der Waals surface area contributed by atoms with Crippen molar-refractivity contribution in [2.75, 3.05) is 0 Å². The van der Waals surface area contributed by atoms with E-state index in [1.807, 2.05) is 39.4 Å². The van der Waals surface area contributed by atoms with Gasteiger partial charge in [0.05, 0.1) is 11.9 Å². The van der Waals surface area contributed by atoms with Gasteiger partial charge >= 0.3 is 0 Å². The molecule has 0 atom stereocenters. The van der Waals surface area contributed by atoms with Gasteiger partial charge in [-0.1, -0.05) is 0 Å². The van der Waals surface area contributed by atoms with Crippen LogP contribution < -0.4 is 5.56 Å². The summed E-state index contributed by atoms with van der Waals surface area (Å²) in [6, 6.07) is 0.000217. The number of carbonyl (C=O) groups is 1. The number of H-pyrrole nitrogens is 1. The van der Waals surface area contributed by atoms with Crippen molar-refractivity contribution in [1.29, 1.82) is 0 Å². The monoisotopic (exact) mass is 303 g/mol. The topological polar surface area (TPSA) is 83.9 Å². The first kappa shape index (κ1) is 15.9. The molecule has 0 saturated heterocycles. The average Bonchev–Trinajstić information content (AvgIpc) is 2.70. The largest absolute Gasteiger partial charge is 0.330 e. The minimum atomic E-state index is -0.327. The second-order valence-corrected chi connectivity index (χ2v) is 5.60. The molecule has 0 radical (unpaired) electrons. The normalized spacial score (nSPS) is 11.0. The molecular weight excluding hydrogens is 282 g/mol. The number of amides is 1. The molecule has 0 unspecified atom stereocenters. The highest BCUT2D eigenvalue weighted by molar-refractivity contribution is 5.92. The van der Waals surface area contributed by atoms with Crippen LogP contribution in [-0.2, 0) is 13.6 Å². The zero-order valence-corrected chi connectivity index (χ0v) is 13.5. The maximum atomic E-state index is 12.6. The molecule has 2 aromatic heterocycles. The highest BCUT2D eigenvalue weighted by atomic mass is 16.2. The van der Waals surface area contributed by atoms with Crippen molar-refractivity contribution in [3.05, 3.63) is 45.4 Å². The van der Waals surface area contributed by atoms with Crippen LogP contribution in [0.4, 0.5) is 0 Å². The molecule has 0 saturated carbocycles. The molecule has 0 aliphatic carbocycles. The van der Waals surface area contributed by atoms with Crippen LogP contribution in [0, 0.1) is 13.8 Å². The number of hydrogen-bond donors (Lipinski definition) is 1. The molecular formula is C15H21N5O2. The van der Waals surface area contributed by atoms with Crippen molar-refractivity contribution in [1.82, 2.24) is 24.6 Å². The van der Waals surface area contributed by atoms with E-state index in [4.69, 9.17) is 0 Å². The third-order valence-corrected chi connectivity index (χ3v) is 3.76. The van der Waals surface area contributed by atoms with Crippen LogP contribution in [0.5, 0.6) is 0 Å². The Bertz CT molecular complexity index is 724. The zero-order valence-electron chi connectivity index (χ0n) is 13.5. The van der Waals surface area contributed by atoms with Gasteiger partial charge in [0.25, 0.3) is 11.5 Å². The lowest BCUT2D eigenvalue weighted by molar-refractivity contribution is 0.0683. The van der Waals surface area contributed by atoms with Gasteiger partial charge in [0, 0.05) is 37.1 Å². The second kappa shape index (κ2) is 6.13. The number of aryl methyl sites for hydroxylation is 2. The Morgan fingerprint density at radius 3 is 2.55 bits per heavy atom. The van der Waals surface area contributed by atoms with Gasteiger partial charge in [-0.2, -0.15) is 5.10 Å². The lowest BCUT2D eigenvalue weighted by Gasteiger charge is -2.26. The number of aromatic nitrogens is 4. The van der Waals surface area contributed by atoms with Crippen LogP contribution in [0.2, 0.25) is 0 Å². The molecule has 7 heteroatoms. The van der Waals surface area contributed by atoms with Crippen molar-refractivity contribution in [3.63, 3.8) is 0 Å². The number of aromatic amines is 1. The predicted molar refractivity (Wildman–Crippen MR) is 82.5 cm³/mol. The van der Waals surface area contributed by atoms with Gasteiger partial charge in [0.2, 0.25) is 0 Å². The van der Waals surface area contributed by atoms with E-state index >= 15 is 0 Å². The van der Waals surface area contributed by atoms with Gasteiger partial charge in [-0.3, -0.25) is 14.3 Å². The maximum Gasteiger partial charge on any atom is 0.274 e. The molecule has 7 nitrogen and oxygen atoms in total. The van der Waals surface area contributed by atoms with Gasteiger partial charge in [-0.15, -0.1) is 0 Å². The van der Waals surface area contributed by atoms with Crippen LogP contribution in [0.3, 0.4) is 0 Å². The highest BCUT2D eigenvalue weighted by Crippen LogP contribution is 2.17. The predicted octanol–water partition coefficient (Wildman–Crippen LogP) is 1.17. The summed E-state index contributed by atoms with van der Waals surface area (Å²) in [6.07, 6.45) is 2.47. The van der Waals surface area contributed by atoms with Crippen LogP contribution in [-0.4, -0.2) is 36.6 Å². The summed E-state index contributed by atoms with van der Waals surface area (Å²) in [4.78, 5) is 31.8. The molecule has 1 N–H and O–H groups in total. The first-order chi connectivity index (χ1) is 10.3. The number of rotatable bonds is 4. The van der Waals surface area contributed by atoms with Crippen LogP contribution >= 0.6 is 0 Å². The fraction of sp³-hybridized carbons (Fsp3) is 0.467. The average molecular weight is 303 g/mol. The highest BCUT2D eigenvalue weighted by Gasteiger charge is 2.23. The van der Waals surface area contributed by atoms with E-state index in [-0.39, 0.29) is 23.2 Å². The van der Waals surface area contributed by atoms with Crippen LogP contribution in [0.1, 0.15) is 41.3 Å². The standard InChI is InChI=1S/C15H21N5O2/c1-9(2)20(8-12-10(3)18-19(5)11(12)4)15(22)13-6-17-14(21)7-16-13/h6-7,9H,8H2,1-5H3,(H,17,21). The van der Waals surface area contributed by atoms with Gasteiger partial charge in [0.1, 0.15) is 5.69 Å². The molecule has 0 spiro atoms. The third kappa shape index (κ3) is 3.08. The second-order valence-electron chi connectivity index (χ2n) is 5.60. The molecule has 0 fully saturated rings. The molecule has 118 valence electrons. The van der Waals surface area contributed by atoms with Crippen LogP contribution in [0.25, 0.3) is 0 Å². The van der Waals surface area contributed by atoms with E-state index in [0.717, 1.165) is 23.1 Å². The molecule has 0 aromatic carbocycles. The van der Waals surface area contributed by atoms with E-state index in [9.17, 15) is 9.59 Å². The SMILES string of the molecule is Cc1nn(C)c(C)c1CN(C(=O)c1c[nH]c(=O)cn1)C(C)C. The molecule has 2 rings (SSSR count). The van der Waals surface area contributed by atoms with Crippen molar-refractivity contribution in [3.8, 4) is 0 Å². The number of hydrogen-bond acceptors (Lipinski definition) is 4. The van der Waals surface area contributed by atoms with Gasteiger partial charge in [-0.05, 0) is 27.7 Å². The van der Waals surface area contributed by atoms with Crippen molar-refractivity contribution in [2.45, 2.75) is 40.3 Å². The lowest BCUT2D eigenvalue weighted by Crippen LogP contribution is -2.37. The summed E-state index contributed by atoms with van der Waals surface area (Å²) in [5.41, 5.74) is 2.88. The summed E-state index contributed by atoms with van der Waals surface area (Å²) in [5.74, 6) is -0.214. The minimum absolute atomic E-state index is 0.000217. The summed E-state index contributed by atoms with van der Waals surface area (Å²) in [5, 5.41) is 4.38. The van der Waals surface area contributed by atoms with E-state index < -0.39 is 0 Å². The van der Waals surface area contributed by atoms with Gasteiger partial charge in [-0.25, -0.2) is 4.98 Å². The molecule has 0 aliphatic heterocycles. The fourth-order valence-corrected chi connectivity index (χ4v) is 2.31. The Morgan fingerprint density at radius 2 is 2.09 bits per heavy atom. The Hall–Kier alpha value is -2.44. The molecule has 0 aliphatic rings. The van der Waals surface area contributed by atoms with E-state index in [1.54, 1.807) is 4.90 Å². The first-order valence-electron chi connectivity index (χ1n) is 7.16. The Labute approximate surface area is 129 Å². The fourth-order valence-electron chi connectivity index (χ4n) is 2.31.